The molecular weight excluding hydrogens is 226 g/mol. The molecule has 5 nitrogen and oxygen atoms in total. The third kappa shape index (κ3) is 1.51. The molecule has 16 heavy (non-hydrogen) atoms. The van der Waals surface area contributed by atoms with Crippen LogP contribution in [0, 0.1) is 0 Å². The van der Waals surface area contributed by atoms with E-state index in [-0.39, 0.29) is 0 Å². The Bertz CT molecular complexity index is 635. The number of hydrogen-bond acceptors (Lipinski definition) is 4. The maximum atomic E-state index is 5.84. The van der Waals surface area contributed by atoms with Gasteiger partial charge in [-0.15, -0.1) is 10.2 Å². The Morgan fingerprint density at radius 1 is 1.12 bits per heavy atom. The molecule has 0 aliphatic rings. The van der Waals surface area contributed by atoms with Crippen LogP contribution in [0.15, 0.2) is 36.7 Å². The predicted molar refractivity (Wildman–Crippen MR) is 59.5 cm³/mol. The van der Waals surface area contributed by atoms with Gasteiger partial charge in [-0.1, -0.05) is 11.6 Å². The minimum Gasteiger partial charge on any atom is -0.208 e. The van der Waals surface area contributed by atoms with E-state index in [1.807, 2.05) is 0 Å². The molecule has 3 aromatic rings. The molecule has 1 aromatic carbocycles. The molecule has 0 saturated carbocycles. The zero-order valence-electron chi connectivity index (χ0n) is 8.08. The quantitative estimate of drug-likeness (QED) is 0.642. The molecule has 0 fully saturated rings. The Balaban J connectivity index is 2.20. The number of fused-ring (bicyclic) bond motifs is 1. The normalized spacial score (nSPS) is 10.8. The second-order valence-corrected chi connectivity index (χ2v) is 3.63. The van der Waals surface area contributed by atoms with Gasteiger partial charge in [-0.05, 0) is 24.3 Å². The van der Waals surface area contributed by atoms with Crippen molar-refractivity contribution in [2.24, 2.45) is 0 Å². The second-order valence-electron chi connectivity index (χ2n) is 3.20. The zero-order chi connectivity index (χ0) is 11.0. The first-order valence-corrected chi connectivity index (χ1v) is 5.01. The van der Waals surface area contributed by atoms with Gasteiger partial charge in [0.1, 0.15) is 5.52 Å². The molecule has 78 valence electrons. The minimum absolute atomic E-state index is 0.444. The summed E-state index contributed by atoms with van der Waals surface area (Å²) in [6, 6.07) is 7.10. The van der Waals surface area contributed by atoms with Crippen LogP contribution in [0.25, 0.3) is 17.0 Å². The molecule has 0 saturated heterocycles. The summed E-state index contributed by atoms with van der Waals surface area (Å²) in [6.07, 6.45) is 3.42. The van der Waals surface area contributed by atoms with Crippen LogP contribution in [0.5, 0.6) is 0 Å². The van der Waals surface area contributed by atoms with Gasteiger partial charge in [0.05, 0.1) is 5.52 Å². The maximum absolute atomic E-state index is 5.84. The lowest BCUT2D eigenvalue weighted by molar-refractivity contribution is 0.787. The Morgan fingerprint density at radius 3 is 2.88 bits per heavy atom. The van der Waals surface area contributed by atoms with E-state index in [4.69, 9.17) is 11.6 Å². The lowest BCUT2D eigenvalue weighted by Crippen LogP contribution is -2.03. The van der Waals surface area contributed by atoms with Crippen LogP contribution in [0.4, 0.5) is 0 Å². The molecule has 2 aromatic heterocycles. The van der Waals surface area contributed by atoms with Gasteiger partial charge in [0.15, 0.2) is 0 Å². The third-order valence-electron chi connectivity index (χ3n) is 2.11. The van der Waals surface area contributed by atoms with E-state index < -0.39 is 0 Å². The Morgan fingerprint density at radius 2 is 2.06 bits per heavy atom. The van der Waals surface area contributed by atoms with Crippen LogP contribution in [0.3, 0.4) is 0 Å². The summed E-state index contributed by atoms with van der Waals surface area (Å²) in [5.41, 5.74) is 1.41. The van der Waals surface area contributed by atoms with Gasteiger partial charge < -0.3 is 0 Å². The lowest BCUT2D eigenvalue weighted by atomic mass is 10.3. The first-order valence-electron chi connectivity index (χ1n) is 4.63. The smallest absolute Gasteiger partial charge is 0.208 e. The summed E-state index contributed by atoms with van der Waals surface area (Å²) in [7, 11) is 0. The van der Waals surface area contributed by atoms with E-state index in [1.165, 1.54) is 0 Å². The molecule has 0 atom stereocenters. The Hall–Kier alpha value is -2.01. The molecule has 2 heterocycles. The molecule has 0 N–H and O–H groups in total. The minimum atomic E-state index is 0.444. The number of benzene rings is 1. The van der Waals surface area contributed by atoms with Gasteiger partial charge in [-0.3, -0.25) is 0 Å². The molecule has 0 amide bonds. The summed E-state index contributed by atoms with van der Waals surface area (Å²) < 4.78 is 1.56. The van der Waals surface area contributed by atoms with Gasteiger partial charge >= 0.3 is 0 Å². The number of nitrogens with zero attached hydrogens (tertiary/aromatic N) is 5. The van der Waals surface area contributed by atoms with E-state index in [2.05, 4.69) is 20.3 Å². The first kappa shape index (κ1) is 9.23. The molecule has 0 bridgehead atoms. The molecule has 0 unspecified atom stereocenters. The molecule has 0 radical (unpaired) electrons. The molecule has 3 rings (SSSR count). The predicted octanol–water partition coefficient (Wildman–Crippen LogP) is 1.86. The molecule has 0 aliphatic heterocycles. The van der Waals surface area contributed by atoms with Crippen molar-refractivity contribution in [1.82, 2.24) is 25.0 Å². The van der Waals surface area contributed by atoms with Gasteiger partial charge in [0.2, 0.25) is 0 Å². The third-order valence-corrected chi connectivity index (χ3v) is 2.35. The summed E-state index contributed by atoms with van der Waals surface area (Å²) in [5.74, 6) is 0.444. The fraction of sp³-hybridized carbons (Fsp3) is 0. The number of aromatic nitrogens is 5. The largest absolute Gasteiger partial charge is 0.270 e. The van der Waals surface area contributed by atoms with Crippen LogP contribution in [0.2, 0.25) is 5.02 Å². The Kier molecular flexibility index (Phi) is 2.04. The molecule has 0 aliphatic carbocycles. The molecular formula is C10H6ClN5. The first-order chi connectivity index (χ1) is 7.83. The van der Waals surface area contributed by atoms with Crippen molar-refractivity contribution >= 4 is 22.6 Å². The zero-order valence-corrected chi connectivity index (χ0v) is 8.83. The van der Waals surface area contributed by atoms with Crippen LogP contribution >= 0.6 is 11.6 Å². The van der Waals surface area contributed by atoms with E-state index in [1.54, 1.807) is 41.3 Å². The van der Waals surface area contributed by atoms with Crippen LogP contribution in [-0.2, 0) is 0 Å². The summed E-state index contributed by atoms with van der Waals surface area (Å²) >= 11 is 5.84. The lowest BCUT2D eigenvalue weighted by Gasteiger charge is -2.00. The summed E-state index contributed by atoms with van der Waals surface area (Å²) in [6.45, 7) is 0. The van der Waals surface area contributed by atoms with Crippen molar-refractivity contribution in [3.8, 4) is 5.95 Å². The molecule has 6 heteroatoms. The highest BCUT2D eigenvalue weighted by molar-refractivity contribution is 6.31. The van der Waals surface area contributed by atoms with E-state index >= 15 is 0 Å². The van der Waals surface area contributed by atoms with Gasteiger partial charge in [-0.25, -0.2) is 9.67 Å². The van der Waals surface area contributed by atoms with Crippen molar-refractivity contribution in [2.75, 3.05) is 0 Å². The highest BCUT2D eigenvalue weighted by atomic mass is 35.5. The van der Waals surface area contributed by atoms with E-state index in [9.17, 15) is 0 Å². The van der Waals surface area contributed by atoms with Crippen molar-refractivity contribution in [2.45, 2.75) is 0 Å². The fourth-order valence-corrected chi connectivity index (χ4v) is 1.55. The van der Waals surface area contributed by atoms with Gasteiger partial charge in [0, 0.05) is 17.4 Å². The number of halogens is 1. The standard InChI is InChI=1S/C10H6ClN5/c11-7-2-3-8-9(6-7)14-15-10(13-8)16-5-1-4-12-16/h1-6H. The highest BCUT2D eigenvalue weighted by Crippen LogP contribution is 2.15. The van der Waals surface area contributed by atoms with Gasteiger partial charge in [0.25, 0.3) is 5.95 Å². The van der Waals surface area contributed by atoms with Gasteiger partial charge in [-0.2, -0.15) is 5.10 Å². The van der Waals surface area contributed by atoms with Crippen molar-refractivity contribution in [1.29, 1.82) is 0 Å². The van der Waals surface area contributed by atoms with E-state index in [0.29, 0.717) is 16.5 Å². The number of hydrogen-bond donors (Lipinski definition) is 0. The topological polar surface area (TPSA) is 56.5 Å². The second kappa shape index (κ2) is 3.53. The van der Waals surface area contributed by atoms with Crippen LogP contribution < -0.4 is 0 Å². The summed E-state index contributed by atoms with van der Waals surface area (Å²) in [5, 5.41) is 12.7. The molecule has 0 spiro atoms. The van der Waals surface area contributed by atoms with E-state index in [0.717, 1.165) is 5.52 Å². The highest BCUT2D eigenvalue weighted by Gasteiger charge is 2.03. The SMILES string of the molecule is Clc1ccc2nc(-n3cccn3)nnc2c1. The number of rotatable bonds is 1. The van der Waals surface area contributed by atoms with Crippen LogP contribution in [0.1, 0.15) is 0 Å². The maximum Gasteiger partial charge on any atom is 0.270 e. The van der Waals surface area contributed by atoms with Crippen molar-refractivity contribution in [3.05, 3.63) is 41.7 Å². The van der Waals surface area contributed by atoms with Crippen LogP contribution in [-0.4, -0.2) is 25.0 Å². The van der Waals surface area contributed by atoms with Crippen molar-refractivity contribution < 1.29 is 0 Å². The average molecular weight is 232 g/mol. The fourth-order valence-electron chi connectivity index (χ4n) is 1.38. The average Bonchev–Trinajstić information content (AvgIpc) is 2.82. The summed E-state index contributed by atoms with van der Waals surface area (Å²) in [4.78, 5) is 4.33. The van der Waals surface area contributed by atoms with Crippen molar-refractivity contribution in [3.63, 3.8) is 0 Å². The Labute approximate surface area is 95.7 Å². The monoisotopic (exact) mass is 231 g/mol.